The van der Waals surface area contributed by atoms with Gasteiger partial charge >= 0.3 is 17.9 Å². The van der Waals surface area contributed by atoms with Crippen LogP contribution in [0.5, 0.6) is 0 Å². The summed E-state index contributed by atoms with van der Waals surface area (Å²) >= 11 is 12.1. The Bertz CT molecular complexity index is 1490. The molecule has 0 fully saturated rings. The summed E-state index contributed by atoms with van der Waals surface area (Å²) in [6.45, 7) is 2.69. The van der Waals surface area contributed by atoms with E-state index in [9.17, 15) is 33.9 Å². The fourth-order valence-electron chi connectivity index (χ4n) is 4.71. The van der Waals surface area contributed by atoms with Crippen LogP contribution in [0, 0.1) is 5.92 Å². The second kappa shape index (κ2) is 16.2. The number of hydrogen-bond acceptors (Lipinski definition) is 9. The fraction of sp³-hybridized carbons (Fsp3) is 0.387. The average molecular weight is 679 g/mol. The van der Waals surface area contributed by atoms with E-state index in [0.717, 1.165) is 0 Å². The van der Waals surface area contributed by atoms with Crippen LogP contribution in [0.3, 0.4) is 0 Å². The van der Waals surface area contributed by atoms with Crippen molar-refractivity contribution in [3.05, 3.63) is 69.7 Å². The van der Waals surface area contributed by atoms with Crippen LogP contribution in [-0.2, 0) is 40.0 Å². The van der Waals surface area contributed by atoms with Crippen molar-refractivity contribution in [2.45, 2.75) is 63.6 Å². The van der Waals surface area contributed by atoms with Gasteiger partial charge in [0.2, 0.25) is 11.5 Å². The van der Waals surface area contributed by atoms with Gasteiger partial charge in [0.1, 0.15) is 6.04 Å². The zero-order chi connectivity index (χ0) is 34.0. The van der Waals surface area contributed by atoms with Gasteiger partial charge in [-0.25, -0.2) is 4.79 Å². The molecule has 2 unspecified atom stereocenters. The zero-order valence-electron chi connectivity index (χ0n) is 25.0. The maximum absolute atomic E-state index is 13.9. The third-order valence-corrected chi connectivity index (χ3v) is 7.67. The Morgan fingerprint density at radius 1 is 0.935 bits per heavy atom. The highest BCUT2D eigenvalue weighted by atomic mass is 35.5. The number of carboxylic acids is 2. The molecule has 2 aromatic carbocycles. The quantitative estimate of drug-likeness (QED) is 0.191. The summed E-state index contributed by atoms with van der Waals surface area (Å²) < 4.78 is 5.06. The Kier molecular flexibility index (Phi) is 12.7. The Labute approximate surface area is 274 Å². The molecule has 3 atom stereocenters. The second-order valence-electron chi connectivity index (χ2n) is 11.0. The minimum absolute atomic E-state index is 0.0184. The molecule has 1 aliphatic rings. The molecule has 2 aromatic rings. The molecule has 15 heteroatoms. The first-order chi connectivity index (χ1) is 21.7. The van der Waals surface area contributed by atoms with Crippen molar-refractivity contribution in [3.8, 4) is 0 Å². The SMILES string of the molecule is CC(C)C(NC(=O)CCC(=O)O)C1=NOC(Cc2ccccc2)(C(=O)N[C@@H](CC(=O)O)C(=O)COC(=O)c2c(Cl)cccc2Cl)C1. The number of carbonyl (C=O) groups is 6. The number of esters is 1. The van der Waals surface area contributed by atoms with Gasteiger partial charge < -0.3 is 30.4 Å². The molecule has 0 spiro atoms. The standard InChI is InChI=1S/C31H33Cl2N3O10/c1-17(2)28(35-24(38)11-12-25(39)40)22-15-31(46-36-22,14-18-7-4-3-5-8-18)30(44)34-21(13-26(41)42)23(37)16-45-29(43)27-19(32)9-6-10-20(27)33/h3-10,17,21,28H,11-16H2,1-2H3,(H,34,44)(H,35,38)(H,39,40)(H,41,42)/t21-,28?,31?/m0/s1. The number of aliphatic carboxylic acids is 2. The van der Waals surface area contributed by atoms with Crippen molar-refractivity contribution in [2.24, 2.45) is 11.1 Å². The number of amides is 2. The van der Waals surface area contributed by atoms with E-state index in [1.807, 2.05) is 0 Å². The highest BCUT2D eigenvalue weighted by Gasteiger charge is 2.49. The summed E-state index contributed by atoms with van der Waals surface area (Å²) in [6.07, 6.45) is -1.67. The van der Waals surface area contributed by atoms with Gasteiger partial charge in [0.25, 0.3) is 5.91 Å². The fourth-order valence-corrected chi connectivity index (χ4v) is 5.26. The largest absolute Gasteiger partial charge is 0.481 e. The van der Waals surface area contributed by atoms with E-state index < -0.39 is 66.2 Å². The smallest absolute Gasteiger partial charge is 0.341 e. The molecule has 0 aromatic heterocycles. The van der Waals surface area contributed by atoms with Crippen molar-refractivity contribution in [3.63, 3.8) is 0 Å². The topological polar surface area (TPSA) is 198 Å². The van der Waals surface area contributed by atoms with E-state index in [1.165, 1.54) is 18.2 Å². The van der Waals surface area contributed by atoms with Crippen molar-refractivity contribution in [1.82, 2.24) is 10.6 Å². The van der Waals surface area contributed by atoms with Crippen LogP contribution in [0.15, 0.2) is 53.7 Å². The monoisotopic (exact) mass is 677 g/mol. The zero-order valence-corrected chi connectivity index (χ0v) is 26.5. The van der Waals surface area contributed by atoms with Gasteiger partial charge in [-0.15, -0.1) is 0 Å². The lowest BCUT2D eigenvalue weighted by Gasteiger charge is -2.29. The summed E-state index contributed by atoms with van der Waals surface area (Å²) in [4.78, 5) is 80.4. The van der Waals surface area contributed by atoms with E-state index in [1.54, 1.807) is 44.2 Å². The van der Waals surface area contributed by atoms with E-state index >= 15 is 0 Å². The molecule has 0 saturated heterocycles. The molecule has 13 nitrogen and oxygen atoms in total. The van der Waals surface area contributed by atoms with Gasteiger partial charge in [-0.05, 0) is 23.6 Å². The molecule has 2 amide bonds. The number of carbonyl (C=O) groups excluding carboxylic acids is 4. The summed E-state index contributed by atoms with van der Waals surface area (Å²) in [5, 5.41) is 27.7. The number of ether oxygens (including phenoxy) is 1. The van der Waals surface area contributed by atoms with Crippen LogP contribution in [0.25, 0.3) is 0 Å². The van der Waals surface area contributed by atoms with Crippen LogP contribution in [0.1, 0.15) is 55.5 Å². The number of nitrogens with zero attached hydrogens (tertiary/aromatic N) is 1. The van der Waals surface area contributed by atoms with Gasteiger partial charge in [0, 0.05) is 19.3 Å². The number of nitrogens with one attached hydrogen (secondary N) is 2. The first kappa shape index (κ1) is 36.0. The minimum atomic E-state index is -1.76. The molecule has 3 rings (SSSR count). The average Bonchev–Trinajstić information content (AvgIpc) is 3.41. The van der Waals surface area contributed by atoms with Crippen LogP contribution in [0.2, 0.25) is 10.0 Å². The van der Waals surface area contributed by atoms with Gasteiger partial charge in [0.15, 0.2) is 12.4 Å². The van der Waals surface area contributed by atoms with Crippen LogP contribution < -0.4 is 10.6 Å². The number of benzene rings is 2. The van der Waals surface area contributed by atoms with Crippen LogP contribution in [0.4, 0.5) is 0 Å². The first-order valence-electron chi connectivity index (χ1n) is 14.2. The van der Waals surface area contributed by atoms with E-state index in [4.69, 9.17) is 37.9 Å². The molecule has 1 aliphatic heterocycles. The molecular weight excluding hydrogens is 645 g/mol. The predicted octanol–water partition coefficient (Wildman–Crippen LogP) is 3.44. The minimum Gasteiger partial charge on any atom is -0.481 e. The second-order valence-corrected chi connectivity index (χ2v) is 11.8. The third-order valence-electron chi connectivity index (χ3n) is 7.04. The van der Waals surface area contributed by atoms with Crippen molar-refractivity contribution < 1.29 is 48.6 Å². The maximum Gasteiger partial charge on any atom is 0.341 e. The van der Waals surface area contributed by atoms with Crippen molar-refractivity contribution in [2.75, 3.05) is 6.61 Å². The van der Waals surface area contributed by atoms with Crippen molar-refractivity contribution in [1.29, 1.82) is 0 Å². The number of hydrogen-bond donors (Lipinski definition) is 4. The number of rotatable bonds is 16. The molecular formula is C31H33Cl2N3O10. The lowest BCUT2D eigenvalue weighted by molar-refractivity contribution is -0.148. The third kappa shape index (κ3) is 9.75. The Hall–Kier alpha value is -4.49. The lowest BCUT2D eigenvalue weighted by Crippen LogP contribution is -2.55. The molecule has 0 aliphatic carbocycles. The Morgan fingerprint density at radius 3 is 2.17 bits per heavy atom. The van der Waals surface area contributed by atoms with Gasteiger partial charge in [-0.1, -0.05) is 78.6 Å². The molecule has 0 radical (unpaired) electrons. The molecule has 46 heavy (non-hydrogen) atoms. The van der Waals surface area contributed by atoms with Gasteiger partial charge in [0.05, 0.1) is 40.2 Å². The van der Waals surface area contributed by atoms with Crippen molar-refractivity contribution >= 4 is 64.4 Å². The number of ketones is 1. The predicted molar refractivity (Wildman–Crippen MR) is 166 cm³/mol. The lowest BCUT2D eigenvalue weighted by atomic mass is 9.84. The normalized spacial score (nSPS) is 16.8. The Balaban J connectivity index is 1.82. The van der Waals surface area contributed by atoms with E-state index in [0.29, 0.717) is 5.56 Å². The maximum atomic E-state index is 13.9. The Morgan fingerprint density at radius 2 is 1.59 bits per heavy atom. The highest BCUT2D eigenvalue weighted by Crippen LogP contribution is 2.32. The number of carboxylic acid groups (broad SMARTS) is 2. The van der Waals surface area contributed by atoms with E-state index in [2.05, 4.69) is 15.8 Å². The molecule has 4 N–H and O–H groups in total. The molecule has 1 heterocycles. The number of halogens is 2. The molecule has 246 valence electrons. The van der Waals surface area contributed by atoms with Crippen LogP contribution >= 0.6 is 23.2 Å². The molecule has 0 saturated carbocycles. The van der Waals surface area contributed by atoms with Gasteiger partial charge in [-0.2, -0.15) is 0 Å². The molecule has 0 bridgehead atoms. The highest BCUT2D eigenvalue weighted by molar-refractivity contribution is 6.39. The summed E-state index contributed by atoms with van der Waals surface area (Å²) in [7, 11) is 0. The first-order valence-corrected chi connectivity index (χ1v) is 14.9. The summed E-state index contributed by atoms with van der Waals surface area (Å²) in [5.41, 5.74) is -0.990. The summed E-state index contributed by atoms with van der Waals surface area (Å²) in [6, 6.07) is 10.7. The number of oxime groups is 1. The number of Topliss-reactive ketones (excluding diaryl/α,β-unsaturated/α-hetero) is 1. The van der Waals surface area contributed by atoms with Gasteiger partial charge in [-0.3, -0.25) is 24.0 Å². The van der Waals surface area contributed by atoms with E-state index in [-0.39, 0.29) is 52.9 Å². The van der Waals surface area contributed by atoms with Crippen LogP contribution in [-0.4, -0.2) is 75.7 Å². The summed E-state index contributed by atoms with van der Waals surface area (Å²) in [5.74, 6) is -6.13.